The van der Waals surface area contributed by atoms with Crippen molar-refractivity contribution in [2.45, 2.75) is 13.0 Å². The summed E-state index contributed by atoms with van der Waals surface area (Å²) in [6.45, 7) is 1.90. The van der Waals surface area contributed by atoms with Crippen LogP contribution in [-0.4, -0.2) is 15.7 Å². The SMILES string of the molecule is CC(NC(=O)c1cnn(-c2ccccc2)c1)c1ccc(C#N)cc1. The lowest BCUT2D eigenvalue weighted by molar-refractivity contribution is 0.0940. The molecule has 24 heavy (non-hydrogen) atoms. The van der Waals surface area contributed by atoms with Gasteiger partial charge in [-0.1, -0.05) is 30.3 Å². The molecule has 0 radical (unpaired) electrons. The number of nitrogens with zero attached hydrogens (tertiary/aromatic N) is 3. The summed E-state index contributed by atoms with van der Waals surface area (Å²) in [5, 5.41) is 16.0. The van der Waals surface area contributed by atoms with Crippen LogP contribution in [0.3, 0.4) is 0 Å². The molecule has 1 N–H and O–H groups in total. The zero-order valence-corrected chi connectivity index (χ0v) is 13.2. The molecule has 0 saturated heterocycles. The minimum Gasteiger partial charge on any atom is -0.345 e. The van der Waals surface area contributed by atoms with Crippen molar-refractivity contribution < 1.29 is 4.79 Å². The fourth-order valence-corrected chi connectivity index (χ4v) is 2.37. The molecule has 0 spiro atoms. The summed E-state index contributed by atoms with van der Waals surface area (Å²) in [6, 6.07) is 18.7. The Bertz CT molecular complexity index is 876. The number of nitriles is 1. The summed E-state index contributed by atoms with van der Waals surface area (Å²) < 4.78 is 1.67. The van der Waals surface area contributed by atoms with E-state index in [-0.39, 0.29) is 11.9 Å². The molecule has 2 aromatic carbocycles. The maximum absolute atomic E-state index is 12.4. The number of hydrogen-bond donors (Lipinski definition) is 1. The molecule has 0 saturated carbocycles. The van der Waals surface area contributed by atoms with Crippen LogP contribution in [0.15, 0.2) is 67.0 Å². The molecule has 118 valence electrons. The van der Waals surface area contributed by atoms with Crippen molar-refractivity contribution in [1.82, 2.24) is 15.1 Å². The summed E-state index contributed by atoms with van der Waals surface area (Å²) in [4.78, 5) is 12.4. The van der Waals surface area contributed by atoms with Gasteiger partial charge in [-0.25, -0.2) is 4.68 Å². The van der Waals surface area contributed by atoms with Crippen molar-refractivity contribution in [2.75, 3.05) is 0 Å². The predicted octanol–water partition coefficient (Wildman–Crippen LogP) is 3.23. The van der Waals surface area contributed by atoms with Gasteiger partial charge in [0.25, 0.3) is 5.91 Å². The first-order valence-corrected chi connectivity index (χ1v) is 7.58. The molecule has 1 amide bonds. The van der Waals surface area contributed by atoms with Crippen LogP contribution in [0.25, 0.3) is 5.69 Å². The highest BCUT2D eigenvalue weighted by molar-refractivity contribution is 5.94. The molecule has 1 atom stereocenters. The third-order valence-corrected chi connectivity index (χ3v) is 3.75. The van der Waals surface area contributed by atoms with Crippen LogP contribution in [0, 0.1) is 11.3 Å². The van der Waals surface area contributed by atoms with E-state index >= 15 is 0 Å². The number of benzene rings is 2. The van der Waals surface area contributed by atoms with Gasteiger partial charge < -0.3 is 5.32 Å². The summed E-state index contributed by atoms with van der Waals surface area (Å²) in [6.07, 6.45) is 3.25. The highest BCUT2D eigenvalue weighted by Gasteiger charge is 2.13. The van der Waals surface area contributed by atoms with Gasteiger partial charge in [0.05, 0.1) is 35.1 Å². The Morgan fingerprint density at radius 2 is 1.88 bits per heavy atom. The zero-order valence-electron chi connectivity index (χ0n) is 13.2. The lowest BCUT2D eigenvalue weighted by Gasteiger charge is -2.13. The van der Waals surface area contributed by atoms with E-state index in [9.17, 15) is 4.79 Å². The van der Waals surface area contributed by atoms with E-state index in [0.717, 1.165) is 11.3 Å². The Balaban J connectivity index is 1.70. The first-order valence-electron chi connectivity index (χ1n) is 7.58. The van der Waals surface area contributed by atoms with Crippen molar-refractivity contribution >= 4 is 5.91 Å². The molecule has 0 fully saturated rings. The van der Waals surface area contributed by atoms with Crippen molar-refractivity contribution in [1.29, 1.82) is 5.26 Å². The van der Waals surface area contributed by atoms with Crippen LogP contribution in [0.4, 0.5) is 0 Å². The molecular weight excluding hydrogens is 300 g/mol. The van der Waals surface area contributed by atoms with Crippen LogP contribution >= 0.6 is 0 Å². The van der Waals surface area contributed by atoms with Gasteiger partial charge in [-0.2, -0.15) is 10.4 Å². The van der Waals surface area contributed by atoms with Gasteiger partial charge in [0.15, 0.2) is 0 Å². The Kier molecular flexibility index (Phi) is 4.39. The molecular formula is C19H16N4O. The predicted molar refractivity (Wildman–Crippen MR) is 90.6 cm³/mol. The van der Waals surface area contributed by atoms with Crippen LogP contribution in [0.2, 0.25) is 0 Å². The lowest BCUT2D eigenvalue weighted by Crippen LogP contribution is -2.26. The molecule has 0 aliphatic rings. The molecule has 0 aliphatic heterocycles. The first-order chi connectivity index (χ1) is 11.7. The molecule has 3 rings (SSSR count). The lowest BCUT2D eigenvalue weighted by atomic mass is 10.1. The summed E-state index contributed by atoms with van der Waals surface area (Å²) in [7, 11) is 0. The molecule has 1 unspecified atom stereocenters. The summed E-state index contributed by atoms with van der Waals surface area (Å²) in [5.41, 5.74) is 2.94. The second-order valence-electron chi connectivity index (χ2n) is 5.44. The Hall–Kier alpha value is -3.39. The van der Waals surface area contributed by atoms with Crippen molar-refractivity contribution in [3.05, 3.63) is 83.7 Å². The zero-order chi connectivity index (χ0) is 16.9. The van der Waals surface area contributed by atoms with Gasteiger partial charge in [0.1, 0.15) is 0 Å². The Morgan fingerprint density at radius 1 is 1.17 bits per heavy atom. The van der Waals surface area contributed by atoms with E-state index in [0.29, 0.717) is 11.1 Å². The second-order valence-corrected chi connectivity index (χ2v) is 5.44. The maximum Gasteiger partial charge on any atom is 0.254 e. The Morgan fingerprint density at radius 3 is 2.54 bits per heavy atom. The minimum atomic E-state index is -0.186. The second kappa shape index (κ2) is 6.80. The van der Waals surface area contributed by atoms with Crippen molar-refractivity contribution in [3.63, 3.8) is 0 Å². The fourth-order valence-electron chi connectivity index (χ4n) is 2.37. The number of carbonyl (C=O) groups is 1. The fraction of sp³-hybridized carbons (Fsp3) is 0.105. The number of rotatable bonds is 4. The smallest absolute Gasteiger partial charge is 0.254 e. The van der Waals surface area contributed by atoms with E-state index < -0.39 is 0 Å². The third kappa shape index (κ3) is 3.33. The van der Waals surface area contributed by atoms with Gasteiger partial charge in [-0.05, 0) is 36.8 Å². The van der Waals surface area contributed by atoms with E-state index in [1.807, 2.05) is 49.4 Å². The average Bonchev–Trinajstić information content (AvgIpc) is 3.13. The molecule has 0 bridgehead atoms. The minimum absolute atomic E-state index is 0.162. The molecule has 5 nitrogen and oxygen atoms in total. The monoisotopic (exact) mass is 316 g/mol. The average molecular weight is 316 g/mol. The van der Waals surface area contributed by atoms with E-state index in [2.05, 4.69) is 16.5 Å². The van der Waals surface area contributed by atoms with E-state index in [1.54, 1.807) is 29.2 Å². The summed E-state index contributed by atoms with van der Waals surface area (Å²) >= 11 is 0. The first kappa shape index (κ1) is 15.5. The third-order valence-electron chi connectivity index (χ3n) is 3.75. The maximum atomic E-state index is 12.4. The quantitative estimate of drug-likeness (QED) is 0.803. The number of nitrogens with one attached hydrogen (secondary N) is 1. The van der Waals surface area contributed by atoms with Crippen LogP contribution in [0.1, 0.15) is 34.5 Å². The van der Waals surface area contributed by atoms with Gasteiger partial charge in [0.2, 0.25) is 0 Å². The largest absolute Gasteiger partial charge is 0.345 e. The van der Waals surface area contributed by atoms with Gasteiger partial charge in [-0.3, -0.25) is 4.79 Å². The summed E-state index contributed by atoms with van der Waals surface area (Å²) in [5.74, 6) is -0.186. The molecule has 0 aliphatic carbocycles. The van der Waals surface area contributed by atoms with Gasteiger partial charge >= 0.3 is 0 Å². The molecule has 1 aromatic heterocycles. The number of carbonyl (C=O) groups excluding carboxylic acids is 1. The molecule has 1 heterocycles. The highest BCUT2D eigenvalue weighted by atomic mass is 16.1. The normalized spacial score (nSPS) is 11.5. The molecule has 3 aromatic rings. The van der Waals surface area contributed by atoms with E-state index in [1.165, 1.54) is 0 Å². The van der Waals surface area contributed by atoms with Crippen LogP contribution in [-0.2, 0) is 0 Å². The van der Waals surface area contributed by atoms with Gasteiger partial charge in [0, 0.05) is 6.20 Å². The van der Waals surface area contributed by atoms with Crippen molar-refractivity contribution in [3.8, 4) is 11.8 Å². The van der Waals surface area contributed by atoms with E-state index in [4.69, 9.17) is 5.26 Å². The standard InChI is InChI=1S/C19H16N4O/c1-14(16-9-7-15(11-20)8-10-16)22-19(24)17-12-21-23(13-17)18-5-3-2-4-6-18/h2-10,12-14H,1H3,(H,22,24). The number of hydrogen-bond acceptors (Lipinski definition) is 3. The number of para-hydroxylation sites is 1. The van der Waals surface area contributed by atoms with Gasteiger partial charge in [-0.15, -0.1) is 0 Å². The van der Waals surface area contributed by atoms with Crippen molar-refractivity contribution in [2.24, 2.45) is 0 Å². The number of amides is 1. The molecule has 5 heteroatoms. The van der Waals surface area contributed by atoms with Crippen LogP contribution in [0.5, 0.6) is 0 Å². The highest BCUT2D eigenvalue weighted by Crippen LogP contribution is 2.14. The number of aromatic nitrogens is 2. The topological polar surface area (TPSA) is 70.7 Å². The Labute approximate surface area is 140 Å². The van der Waals surface area contributed by atoms with Crippen LogP contribution < -0.4 is 5.32 Å².